The van der Waals surface area contributed by atoms with Gasteiger partial charge in [-0.2, -0.15) is 0 Å². The number of carbonyl (C=O) groups excluding carboxylic acids is 2. The smallest absolute Gasteiger partial charge is 0.255 e. The van der Waals surface area contributed by atoms with Crippen LogP contribution in [-0.4, -0.2) is 41.3 Å². The van der Waals surface area contributed by atoms with Crippen LogP contribution in [0.3, 0.4) is 0 Å². The Bertz CT molecular complexity index is 1230. The molecule has 0 radical (unpaired) electrons. The maximum atomic E-state index is 13.3. The van der Waals surface area contributed by atoms with Gasteiger partial charge in [-0.05, 0) is 67.8 Å². The molecule has 2 aromatic carbocycles. The van der Waals surface area contributed by atoms with Gasteiger partial charge in [-0.1, -0.05) is 17.7 Å². The maximum absolute atomic E-state index is 13.3. The van der Waals surface area contributed by atoms with E-state index < -0.39 is 5.41 Å². The highest BCUT2D eigenvalue weighted by atomic mass is 35.5. The first kappa shape index (κ1) is 22.3. The van der Waals surface area contributed by atoms with Gasteiger partial charge in [0.15, 0.2) is 0 Å². The number of hydrogen-bond acceptors (Lipinski definition) is 4. The Hall–Kier alpha value is -3.45. The minimum atomic E-state index is -0.440. The van der Waals surface area contributed by atoms with E-state index in [0.717, 1.165) is 12.1 Å². The van der Waals surface area contributed by atoms with Crippen molar-refractivity contribution in [2.24, 2.45) is 5.41 Å². The minimum Gasteiger partial charge on any atom is -0.456 e. The Morgan fingerprint density at radius 1 is 0.971 bits per heavy atom. The third kappa shape index (κ3) is 4.35. The van der Waals surface area contributed by atoms with Gasteiger partial charge >= 0.3 is 0 Å². The van der Waals surface area contributed by atoms with Crippen molar-refractivity contribution in [2.45, 2.75) is 19.3 Å². The maximum Gasteiger partial charge on any atom is 0.255 e. The number of piperidine rings is 1. The zero-order valence-corrected chi connectivity index (χ0v) is 19.2. The van der Waals surface area contributed by atoms with Crippen LogP contribution in [-0.2, 0) is 4.79 Å². The fourth-order valence-electron chi connectivity index (χ4n) is 4.73. The summed E-state index contributed by atoms with van der Waals surface area (Å²) in [5.41, 5.74) is 0.788. The number of ether oxygens (including phenoxy) is 1. The molecule has 3 heterocycles. The Morgan fingerprint density at radius 3 is 2.44 bits per heavy atom. The van der Waals surface area contributed by atoms with E-state index in [1.165, 1.54) is 36.7 Å². The summed E-state index contributed by atoms with van der Waals surface area (Å²) in [7, 11) is 0. The highest BCUT2D eigenvalue weighted by Crippen LogP contribution is 2.43. The van der Waals surface area contributed by atoms with Crippen molar-refractivity contribution in [1.82, 2.24) is 9.88 Å². The molecule has 2 saturated heterocycles. The second-order valence-electron chi connectivity index (χ2n) is 8.72. The largest absolute Gasteiger partial charge is 0.456 e. The number of benzene rings is 2. The summed E-state index contributed by atoms with van der Waals surface area (Å²) in [5.74, 6) is 0.460. The molecule has 2 aliphatic rings. The lowest BCUT2D eigenvalue weighted by Crippen LogP contribution is -2.46. The fourth-order valence-corrected chi connectivity index (χ4v) is 4.91. The van der Waals surface area contributed by atoms with Crippen LogP contribution >= 0.6 is 11.6 Å². The van der Waals surface area contributed by atoms with E-state index in [2.05, 4.69) is 4.98 Å². The standard InChI is InChI=1S/C26H23ClFN3O3/c27-19-2-1-3-21(15-19)31-13-10-26(25(31)33)8-11-30(12-9-26)24(32)18-14-23(17-29-16-18)34-22-6-4-20(28)5-7-22/h1-7,14-17H,8-13H2. The number of rotatable bonds is 4. The molecular weight excluding hydrogens is 457 g/mol. The Morgan fingerprint density at radius 2 is 1.71 bits per heavy atom. The Kier molecular flexibility index (Phi) is 5.96. The zero-order valence-electron chi connectivity index (χ0n) is 18.4. The molecule has 2 amide bonds. The number of carbonyl (C=O) groups is 2. The summed E-state index contributed by atoms with van der Waals surface area (Å²) in [6, 6.07) is 14.6. The fraction of sp³-hybridized carbons (Fsp3) is 0.269. The number of halogens is 2. The monoisotopic (exact) mass is 479 g/mol. The van der Waals surface area contributed by atoms with Crippen molar-refractivity contribution < 1.29 is 18.7 Å². The van der Waals surface area contributed by atoms with Gasteiger partial charge in [0.05, 0.1) is 17.2 Å². The normalized spacial score (nSPS) is 17.3. The average Bonchev–Trinajstić information content (AvgIpc) is 3.16. The van der Waals surface area contributed by atoms with Crippen molar-refractivity contribution in [3.05, 3.63) is 83.4 Å². The molecule has 1 aromatic heterocycles. The molecule has 6 nitrogen and oxygen atoms in total. The molecule has 0 saturated carbocycles. The second kappa shape index (κ2) is 9.06. The molecule has 0 aliphatic carbocycles. The molecule has 34 heavy (non-hydrogen) atoms. The van der Waals surface area contributed by atoms with Crippen molar-refractivity contribution >= 4 is 29.1 Å². The van der Waals surface area contributed by atoms with E-state index in [1.54, 1.807) is 17.0 Å². The van der Waals surface area contributed by atoms with Gasteiger partial charge in [0, 0.05) is 36.5 Å². The third-order valence-electron chi connectivity index (χ3n) is 6.65. The molecule has 0 unspecified atom stereocenters. The van der Waals surface area contributed by atoms with Crippen LogP contribution in [0.2, 0.25) is 5.02 Å². The number of anilines is 1. The predicted molar refractivity (Wildman–Crippen MR) is 127 cm³/mol. The molecule has 2 aliphatic heterocycles. The van der Waals surface area contributed by atoms with Gasteiger partial charge in [-0.25, -0.2) is 4.39 Å². The van der Waals surface area contributed by atoms with Crippen molar-refractivity contribution in [2.75, 3.05) is 24.5 Å². The molecule has 0 bridgehead atoms. The van der Waals surface area contributed by atoms with E-state index in [1.807, 2.05) is 23.1 Å². The van der Waals surface area contributed by atoms with Gasteiger partial charge in [-0.3, -0.25) is 14.6 Å². The average molecular weight is 480 g/mol. The number of likely N-dealkylation sites (tertiary alicyclic amines) is 1. The van der Waals surface area contributed by atoms with Crippen LogP contribution in [0.5, 0.6) is 11.5 Å². The predicted octanol–water partition coefficient (Wildman–Crippen LogP) is 5.33. The van der Waals surface area contributed by atoms with Gasteiger partial charge in [0.25, 0.3) is 5.91 Å². The number of nitrogens with zero attached hydrogens (tertiary/aromatic N) is 3. The molecule has 5 rings (SSSR count). The van der Waals surface area contributed by atoms with Gasteiger partial charge in [-0.15, -0.1) is 0 Å². The second-order valence-corrected chi connectivity index (χ2v) is 9.16. The summed E-state index contributed by atoms with van der Waals surface area (Å²) in [6.07, 6.45) is 5.02. The molecule has 174 valence electrons. The van der Waals surface area contributed by atoms with E-state index in [9.17, 15) is 14.0 Å². The highest BCUT2D eigenvalue weighted by Gasteiger charge is 2.49. The SMILES string of the molecule is O=C(c1cncc(Oc2ccc(F)cc2)c1)N1CCC2(CC1)CCN(c1cccc(Cl)c1)C2=O. The summed E-state index contributed by atoms with van der Waals surface area (Å²) >= 11 is 6.11. The number of aromatic nitrogens is 1. The molecule has 0 N–H and O–H groups in total. The Balaban J connectivity index is 1.24. The van der Waals surface area contributed by atoms with Gasteiger partial charge in [0.2, 0.25) is 5.91 Å². The van der Waals surface area contributed by atoms with E-state index in [-0.39, 0.29) is 17.6 Å². The van der Waals surface area contributed by atoms with E-state index >= 15 is 0 Å². The van der Waals surface area contributed by atoms with Crippen molar-refractivity contribution in [1.29, 1.82) is 0 Å². The first-order chi connectivity index (χ1) is 16.4. The van der Waals surface area contributed by atoms with Gasteiger partial charge in [0.1, 0.15) is 17.3 Å². The van der Waals surface area contributed by atoms with E-state index in [0.29, 0.717) is 54.6 Å². The van der Waals surface area contributed by atoms with Crippen LogP contribution in [0.25, 0.3) is 0 Å². The van der Waals surface area contributed by atoms with Crippen LogP contribution in [0.1, 0.15) is 29.6 Å². The number of pyridine rings is 1. The van der Waals surface area contributed by atoms with Crippen LogP contribution in [0.15, 0.2) is 67.0 Å². The lowest BCUT2D eigenvalue weighted by atomic mass is 9.77. The van der Waals surface area contributed by atoms with Crippen molar-refractivity contribution in [3.8, 4) is 11.5 Å². The van der Waals surface area contributed by atoms with Crippen molar-refractivity contribution in [3.63, 3.8) is 0 Å². The molecular formula is C26H23ClFN3O3. The number of hydrogen-bond donors (Lipinski definition) is 0. The number of amides is 2. The minimum absolute atomic E-state index is 0.109. The summed E-state index contributed by atoms with van der Waals surface area (Å²) < 4.78 is 18.8. The van der Waals surface area contributed by atoms with E-state index in [4.69, 9.17) is 16.3 Å². The zero-order chi connectivity index (χ0) is 23.7. The molecule has 8 heteroatoms. The molecule has 0 atom stereocenters. The highest BCUT2D eigenvalue weighted by molar-refractivity contribution is 6.31. The molecule has 1 spiro atoms. The molecule has 2 fully saturated rings. The van der Waals surface area contributed by atoms with Crippen LogP contribution in [0, 0.1) is 11.2 Å². The lowest BCUT2D eigenvalue weighted by Gasteiger charge is -2.38. The topological polar surface area (TPSA) is 62.7 Å². The third-order valence-corrected chi connectivity index (χ3v) is 6.88. The van der Waals surface area contributed by atoms with Gasteiger partial charge < -0.3 is 14.5 Å². The quantitative estimate of drug-likeness (QED) is 0.507. The summed E-state index contributed by atoms with van der Waals surface area (Å²) in [4.78, 5) is 34.1. The lowest BCUT2D eigenvalue weighted by molar-refractivity contribution is -0.127. The Labute approximate surface area is 201 Å². The first-order valence-corrected chi connectivity index (χ1v) is 11.6. The summed E-state index contributed by atoms with van der Waals surface area (Å²) in [6.45, 7) is 1.65. The first-order valence-electron chi connectivity index (χ1n) is 11.2. The molecule has 3 aromatic rings. The van der Waals surface area contributed by atoms with Crippen LogP contribution < -0.4 is 9.64 Å². The van der Waals surface area contributed by atoms with Crippen LogP contribution in [0.4, 0.5) is 10.1 Å². The summed E-state index contributed by atoms with van der Waals surface area (Å²) in [5, 5.41) is 0.603.